The first kappa shape index (κ1) is 10.4. The predicted molar refractivity (Wildman–Crippen MR) is 50.2 cm³/mol. The van der Waals surface area contributed by atoms with Gasteiger partial charge in [-0.15, -0.1) is 0 Å². The minimum Gasteiger partial charge on any atom is -0.323 e. The van der Waals surface area contributed by atoms with E-state index in [1.54, 1.807) is 24.3 Å². The van der Waals surface area contributed by atoms with Crippen LogP contribution >= 0.6 is 7.60 Å². The molecule has 1 rings (SSSR count). The second-order valence-electron chi connectivity index (χ2n) is 2.94. The molecule has 0 fully saturated rings. The van der Waals surface area contributed by atoms with E-state index in [-0.39, 0.29) is 0 Å². The first-order valence-corrected chi connectivity index (χ1v) is 5.47. The van der Waals surface area contributed by atoms with Crippen LogP contribution in [0.2, 0.25) is 0 Å². The van der Waals surface area contributed by atoms with Gasteiger partial charge in [-0.2, -0.15) is 0 Å². The van der Waals surface area contributed by atoms with Crippen molar-refractivity contribution in [2.45, 2.75) is 12.7 Å². The fourth-order valence-corrected chi connectivity index (χ4v) is 1.52. The summed E-state index contributed by atoms with van der Waals surface area (Å²) in [5.41, 5.74) is 6.85. The van der Waals surface area contributed by atoms with Gasteiger partial charge in [0.15, 0.2) is 0 Å². The Morgan fingerprint density at radius 3 is 2.15 bits per heavy atom. The molecule has 1 aromatic carbocycles. The lowest BCUT2D eigenvalue weighted by molar-refractivity contribution is 0.359. The van der Waals surface area contributed by atoms with Gasteiger partial charge in [0.05, 0.1) is 0 Å². The molecule has 0 heterocycles. The maximum atomic E-state index is 10.8. The third kappa shape index (κ3) is 2.64. The number of nitrogens with two attached hydrogens (primary N) is 1. The van der Waals surface area contributed by atoms with Crippen LogP contribution < -0.4 is 5.73 Å². The first-order valence-electron chi connectivity index (χ1n) is 3.78. The molecule has 0 aromatic heterocycles. The Balaban J connectivity index is 2.97. The summed E-state index contributed by atoms with van der Waals surface area (Å²) in [7, 11) is -4.22. The topological polar surface area (TPSA) is 83.6 Å². The minimum atomic E-state index is -4.22. The summed E-state index contributed by atoms with van der Waals surface area (Å²) in [5, 5.41) is 0. The second-order valence-corrected chi connectivity index (χ2v) is 4.68. The van der Waals surface area contributed by atoms with Crippen molar-refractivity contribution in [1.82, 2.24) is 0 Å². The van der Waals surface area contributed by atoms with Gasteiger partial charge in [0, 0.05) is 0 Å². The normalized spacial score (nSPS) is 14.2. The fourth-order valence-electron chi connectivity index (χ4n) is 0.958. The molecular formula is C8H12NO3P. The van der Waals surface area contributed by atoms with E-state index in [0.717, 1.165) is 5.56 Å². The summed E-state index contributed by atoms with van der Waals surface area (Å²) in [6, 6.07) is 6.79. The summed E-state index contributed by atoms with van der Waals surface area (Å²) in [6.07, 6.45) is 0. The Morgan fingerprint density at radius 1 is 1.31 bits per heavy atom. The van der Waals surface area contributed by atoms with Gasteiger partial charge in [0.1, 0.15) is 5.78 Å². The van der Waals surface area contributed by atoms with E-state index >= 15 is 0 Å². The maximum absolute atomic E-state index is 10.8. The number of hydrogen-bond donors (Lipinski definition) is 3. The molecule has 0 amide bonds. The Kier molecular flexibility index (Phi) is 2.88. The molecule has 5 heteroatoms. The quantitative estimate of drug-likeness (QED) is 0.626. The van der Waals surface area contributed by atoms with E-state index in [2.05, 4.69) is 0 Å². The lowest BCUT2D eigenvalue weighted by Gasteiger charge is -2.13. The molecule has 0 aliphatic heterocycles. The molecule has 1 aromatic rings. The summed E-state index contributed by atoms with van der Waals surface area (Å²) in [5.74, 6) is -1.21. The third-order valence-corrected chi connectivity index (χ3v) is 2.80. The highest BCUT2D eigenvalue weighted by Crippen LogP contribution is 2.47. The zero-order valence-corrected chi connectivity index (χ0v) is 8.11. The van der Waals surface area contributed by atoms with E-state index in [1.807, 2.05) is 6.92 Å². The van der Waals surface area contributed by atoms with Crippen molar-refractivity contribution >= 4 is 7.60 Å². The van der Waals surface area contributed by atoms with Gasteiger partial charge < -0.3 is 15.5 Å². The summed E-state index contributed by atoms with van der Waals surface area (Å²) in [6.45, 7) is 1.90. The van der Waals surface area contributed by atoms with E-state index in [4.69, 9.17) is 15.5 Å². The van der Waals surface area contributed by atoms with Crippen LogP contribution in [-0.2, 0) is 4.57 Å². The Morgan fingerprint density at radius 2 is 1.77 bits per heavy atom. The van der Waals surface area contributed by atoms with Crippen molar-refractivity contribution in [2.24, 2.45) is 5.73 Å². The summed E-state index contributed by atoms with van der Waals surface area (Å²) < 4.78 is 10.8. The molecule has 0 spiro atoms. The largest absolute Gasteiger partial charge is 0.346 e. The van der Waals surface area contributed by atoms with Crippen molar-refractivity contribution in [3.05, 3.63) is 35.4 Å². The minimum absolute atomic E-state index is 0.457. The number of aryl methyl sites for hydroxylation is 1. The highest BCUT2D eigenvalue weighted by atomic mass is 31.2. The molecule has 4 nitrogen and oxygen atoms in total. The zero-order valence-electron chi connectivity index (χ0n) is 7.21. The van der Waals surface area contributed by atoms with Crippen LogP contribution in [0.15, 0.2) is 24.3 Å². The van der Waals surface area contributed by atoms with Crippen LogP contribution in [-0.4, -0.2) is 9.79 Å². The van der Waals surface area contributed by atoms with Gasteiger partial charge in [0.2, 0.25) is 0 Å². The lowest BCUT2D eigenvalue weighted by atomic mass is 10.1. The molecule has 0 aliphatic carbocycles. The van der Waals surface area contributed by atoms with Crippen molar-refractivity contribution in [2.75, 3.05) is 0 Å². The number of hydrogen-bond acceptors (Lipinski definition) is 2. The second kappa shape index (κ2) is 3.60. The van der Waals surface area contributed by atoms with Crippen LogP contribution in [0.1, 0.15) is 16.9 Å². The van der Waals surface area contributed by atoms with Gasteiger partial charge >= 0.3 is 7.60 Å². The monoisotopic (exact) mass is 201 g/mol. The molecule has 1 unspecified atom stereocenters. The van der Waals surface area contributed by atoms with Crippen molar-refractivity contribution in [1.29, 1.82) is 0 Å². The van der Waals surface area contributed by atoms with Crippen molar-refractivity contribution in [3.63, 3.8) is 0 Å². The molecule has 0 saturated heterocycles. The van der Waals surface area contributed by atoms with E-state index < -0.39 is 13.4 Å². The average Bonchev–Trinajstić information content (AvgIpc) is 2.03. The maximum Gasteiger partial charge on any atom is 0.346 e. The molecular weight excluding hydrogens is 189 g/mol. The van der Waals surface area contributed by atoms with Crippen LogP contribution in [0, 0.1) is 6.92 Å². The third-order valence-electron chi connectivity index (χ3n) is 1.78. The molecule has 0 aliphatic rings. The first-order chi connectivity index (χ1) is 5.91. The molecule has 0 radical (unpaired) electrons. The molecule has 4 N–H and O–H groups in total. The van der Waals surface area contributed by atoms with Gasteiger partial charge in [-0.05, 0) is 12.5 Å². The van der Waals surface area contributed by atoms with Crippen LogP contribution in [0.3, 0.4) is 0 Å². The van der Waals surface area contributed by atoms with E-state index in [9.17, 15) is 4.57 Å². The van der Waals surface area contributed by atoms with Gasteiger partial charge in [0.25, 0.3) is 0 Å². The Hall–Kier alpha value is -0.670. The predicted octanol–water partition coefficient (Wildman–Crippen LogP) is 1.13. The Bertz CT molecular complexity index is 330. The lowest BCUT2D eigenvalue weighted by Crippen LogP contribution is -2.10. The molecule has 0 saturated carbocycles. The van der Waals surface area contributed by atoms with Gasteiger partial charge in [-0.3, -0.25) is 4.57 Å². The van der Waals surface area contributed by atoms with Gasteiger partial charge in [-0.1, -0.05) is 29.8 Å². The standard InChI is InChI=1S/C8H12NO3P/c1-6-2-4-7(5-3-6)8(9)13(10,11)12/h2-5,8H,9H2,1H3,(H2,10,11,12). The number of benzene rings is 1. The zero-order chi connectivity index (χ0) is 10.1. The summed E-state index contributed by atoms with van der Waals surface area (Å²) in [4.78, 5) is 17.6. The van der Waals surface area contributed by atoms with Crippen molar-refractivity contribution in [3.8, 4) is 0 Å². The highest BCUT2D eigenvalue weighted by molar-refractivity contribution is 7.52. The smallest absolute Gasteiger partial charge is 0.323 e. The number of rotatable bonds is 2. The van der Waals surface area contributed by atoms with Crippen molar-refractivity contribution < 1.29 is 14.4 Å². The molecule has 0 bridgehead atoms. The van der Waals surface area contributed by atoms with Crippen LogP contribution in [0.4, 0.5) is 0 Å². The average molecular weight is 201 g/mol. The highest BCUT2D eigenvalue weighted by Gasteiger charge is 2.25. The van der Waals surface area contributed by atoms with Gasteiger partial charge in [-0.25, -0.2) is 0 Å². The van der Waals surface area contributed by atoms with Crippen LogP contribution in [0.25, 0.3) is 0 Å². The van der Waals surface area contributed by atoms with E-state index in [1.165, 1.54) is 0 Å². The van der Waals surface area contributed by atoms with Crippen LogP contribution in [0.5, 0.6) is 0 Å². The Labute approximate surface area is 76.6 Å². The fraction of sp³-hybridized carbons (Fsp3) is 0.250. The molecule has 13 heavy (non-hydrogen) atoms. The van der Waals surface area contributed by atoms with E-state index in [0.29, 0.717) is 5.56 Å². The molecule has 1 atom stereocenters. The molecule has 72 valence electrons. The summed E-state index contributed by atoms with van der Waals surface area (Å²) >= 11 is 0. The SMILES string of the molecule is Cc1ccc(C(N)P(=O)(O)O)cc1.